The highest BCUT2D eigenvalue weighted by atomic mass is 35.5. The second kappa shape index (κ2) is 11.3. The van der Waals surface area contributed by atoms with E-state index in [9.17, 15) is 9.59 Å². The lowest BCUT2D eigenvalue weighted by molar-refractivity contribution is -0.139. The van der Waals surface area contributed by atoms with E-state index in [-0.39, 0.29) is 12.5 Å². The van der Waals surface area contributed by atoms with E-state index in [0.29, 0.717) is 25.1 Å². The third kappa shape index (κ3) is 5.41. The molecular weight excluding hydrogens is 504 g/mol. The van der Waals surface area contributed by atoms with Crippen molar-refractivity contribution in [2.75, 3.05) is 20.3 Å². The van der Waals surface area contributed by atoms with Crippen LogP contribution in [0, 0.1) is 27.7 Å². The maximum atomic E-state index is 13.2. The molecule has 1 amide bonds. The summed E-state index contributed by atoms with van der Waals surface area (Å²) in [7, 11) is 3.21. The van der Waals surface area contributed by atoms with Crippen molar-refractivity contribution in [2.24, 2.45) is 7.05 Å². The zero-order valence-corrected chi connectivity index (χ0v) is 23.4. The molecule has 0 spiro atoms. The van der Waals surface area contributed by atoms with Crippen LogP contribution in [0.25, 0.3) is 22.0 Å². The highest BCUT2D eigenvalue weighted by Gasteiger charge is 2.22. The number of H-pyrrole nitrogens is 1. The zero-order chi connectivity index (χ0) is 27.6. The van der Waals surface area contributed by atoms with Gasteiger partial charge in [0.15, 0.2) is 0 Å². The molecule has 2 N–H and O–H groups in total. The number of carbonyl (C=O) groups is 2. The molecule has 2 aromatic carbocycles. The Morgan fingerprint density at radius 3 is 2.47 bits per heavy atom. The first-order valence-corrected chi connectivity index (χ1v) is 12.9. The monoisotopic (exact) mass is 536 g/mol. The predicted molar refractivity (Wildman–Crippen MR) is 149 cm³/mol. The van der Waals surface area contributed by atoms with Crippen molar-refractivity contribution in [1.82, 2.24) is 20.1 Å². The summed E-state index contributed by atoms with van der Waals surface area (Å²) in [4.78, 5) is 28.2. The number of hydrogen-bond donors (Lipinski definition) is 2. The van der Waals surface area contributed by atoms with Crippen LogP contribution in [0.5, 0.6) is 5.75 Å². The molecule has 0 aliphatic carbocycles. The molecule has 8 nitrogen and oxygen atoms in total. The smallest absolute Gasteiger partial charge is 0.325 e. The fourth-order valence-electron chi connectivity index (χ4n) is 4.84. The molecule has 0 atom stereocenters. The number of benzene rings is 2. The summed E-state index contributed by atoms with van der Waals surface area (Å²) in [5.41, 5.74) is 8.04. The summed E-state index contributed by atoms with van der Waals surface area (Å²) in [6.45, 7) is 8.17. The van der Waals surface area contributed by atoms with Crippen LogP contribution in [0.4, 0.5) is 0 Å². The van der Waals surface area contributed by atoms with Crippen LogP contribution < -0.4 is 10.1 Å². The van der Waals surface area contributed by atoms with Gasteiger partial charge in [-0.3, -0.25) is 14.3 Å². The molecule has 4 aromatic rings. The van der Waals surface area contributed by atoms with Gasteiger partial charge in [-0.2, -0.15) is 5.10 Å². The molecule has 0 aliphatic heterocycles. The molecule has 200 valence electrons. The number of aromatic amines is 1. The SMILES string of the molecule is COC(=O)CNC(=O)c1[nH]c2c(-c3c(C)nn(C)c3C)cccc2c1CCCOc1cc(C)c(Cl)c(C)c1. The van der Waals surface area contributed by atoms with Crippen LogP contribution >= 0.6 is 11.6 Å². The van der Waals surface area contributed by atoms with Gasteiger partial charge in [0.25, 0.3) is 5.91 Å². The van der Waals surface area contributed by atoms with Crippen molar-refractivity contribution < 1.29 is 19.1 Å². The highest BCUT2D eigenvalue weighted by Crippen LogP contribution is 2.35. The number of methoxy groups -OCH3 is 1. The van der Waals surface area contributed by atoms with E-state index in [2.05, 4.69) is 20.1 Å². The Labute approximate surface area is 227 Å². The van der Waals surface area contributed by atoms with Crippen LogP contribution in [0.1, 0.15) is 45.0 Å². The van der Waals surface area contributed by atoms with Gasteiger partial charge < -0.3 is 19.8 Å². The molecule has 0 bridgehead atoms. The standard InChI is InChI=1S/C29H33ClN4O4/c1-16-13-20(14-17(2)26(16)30)38-12-8-11-22-21-9-7-10-23(25-18(3)33-34(5)19(25)4)27(21)32-28(22)29(36)31-15-24(35)37-6/h7,9-10,13-14,32H,8,11-12,15H2,1-6H3,(H,31,36). The Hall–Kier alpha value is -3.78. The molecule has 2 heterocycles. The predicted octanol–water partition coefficient (Wildman–Crippen LogP) is 5.37. The largest absolute Gasteiger partial charge is 0.494 e. The van der Waals surface area contributed by atoms with E-state index < -0.39 is 5.97 Å². The average Bonchev–Trinajstić information content (AvgIpc) is 3.39. The van der Waals surface area contributed by atoms with Gasteiger partial charge in [-0.25, -0.2) is 0 Å². The van der Waals surface area contributed by atoms with Crippen molar-refractivity contribution in [3.05, 3.63) is 69.1 Å². The number of nitrogens with one attached hydrogen (secondary N) is 2. The minimum atomic E-state index is -0.514. The number of para-hydroxylation sites is 1. The number of carbonyl (C=O) groups excluding carboxylic acids is 2. The Morgan fingerprint density at radius 2 is 1.84 bits per heavy atom. The van der Waals surface area contributed by atoms with Crippen LogP contribution in [0.2, 0.25) is 5.02 Å². The van der Waals surface area contributed by atoms with Gasteiger partial charge in [0.2, 0.25) is 0 Å². The van der Waals surface area contributed by atoms with Gasteiger partial charge in [-0.15, -0.1) is 0 Å². The number of nitrogens with zero attached hydrogens (tertiary/aromatic N) is 2. The van der Waals surface area contributed by atoms with E-state index in [4.69, 9.17) is 16.3 Å². The molecule has 0 saturated carbocycles. The van der Waals surface area contributed by atoms with Crippen molar-refractivity contribution in [1.29, 1.82) is 0 Å². The summed E-state index contributed by atoms with van der Waals surface area (Å²) in [5.74, 6) is -0.110. The minimum absolute atomic E-state index is 0.212. The number of rotatable bonds is 9. The van der Waals surface area contributed by atoms with Crippen LogP contribution in [0.3, 0.4) is 0 Å². The number of amides is 1. The Balaban J connectivity index is 1.66. The number of fused-ring (bicyclic) bond motifs is 1. The summed E-state index contributed by atoms with van der Waals surface area (Å²) in [5, 5.41) is 8.93. The lowest BCUT2D eigenvalue weighted by Crippen LogP contribution is -2.31. The second-order valence-corrected chi connectivity index (χ2v) is 9.84. The molecule has 9 heteroatoms. The number of ether oxygens (including phenoxy) is 2. The minimum Gasteiger partial charge on any atom is -0.494 e. The molecule has 0 radical (unpaired) electrons. The fraction of sp³-hybridized carbons (Fsp3) is 0.345. The fourth-order valence-corrected chi connectivity index (χ4v) is 4.95. The molecule has 4 rings (SSSR count). The number of hydrogen-bond acceptors (Lipinski definition) is 5. The summed E-state index contributed by atoms with van der Waals surface area (Å²) in [6.07, 6.45) is 1.28. The van der Waals surface area contributed by atoms with Gasteiger partial charge in [-0.1, -0.05) is 29.8 Å². The van der Waals surface area contributed by atoms with Gasteiger partial charge in [0.05, 0.1) is 24.9 Å². The van der Waals surface area contributed by atoms with Crippen molar-refractivity contribution in [2.45, 2.75) is 40.5 Å². The first-order chi connectivity index (χ1) is 18.1. The topological polar surface area (TPSA) is 98.2 Å². The van der Waals surface area contributed by atoms with Gasteiger partial charge in [0, 0.05) is 34.3 Å². The maximum absolute atomic E-state index is 13.2. The van der Waals surface area contributed by atoms with Gasteiger partial charge in [-0.05, 0) is 69.4 Å². The molecule has 38 heavy (non-hydrogen) atoms. The summed E-state index contributed by atoms with van der Waals surface area (Å²) >= 11 is 6.28. The molecule has 0 saturated heterocycles. The highest BCUT2D eigenvalue weighted by molar-refractivity contribution is 6.32. The summed E-state index contributed by atoms with van der Waals surface area (Å²) < 4.78 is 12.5. The normalized spacial score (nSPS) is 11.1. The van der Waals surface area contributed by atoms with E-state index in [0.717, 1.165) is 60.9 Å². The molecular formula is C29H33ClN4O4. The average molecular weight is 537 g/mol. The van der Waals surface area contributed by atoms with E-state index in [1.807, 2.05) is 69.8 Å². The quantitative estimate of drug-likeness (QED) is 0.221. The van der Waals surface area contributed by atoms with Crippen molar-refractivity contribution in [3.63, 3.8) is 0 Å². The number of aromatic nitrogens is 3. The van der Waals surface area contributed by atoms with E-state index >= 15 is 0 Å². The van der Waals surface area contributed by atoms with Crippen LogP contribution in [-0.4, -0.2) is 46.9 Å². The molecule has 2 aromatic heterocycles. The van der Waals surface area contributed by atoms with Gasteiger partial charge >= 0.3 is 5.97 Å². The maximum Gasteiger partial charge on any atom is 0.325 e. The van der Waals surface area contributed by atoms with Crippen molar-refractivity contribution in [3.8, 4) is 16.9 Å². The number of halogens is 1. The number of aryl methyl sites for hydroxylation is 5. The number of esters is 1. The Bertz CT molecular complexity index is 1500. The first kappa shape index (κ1) is 27.3. The second-order valence-electron chi connectivity index (χ2n) is 9.46. The zero-order valence-electron chi connectivity index (χ0n) is 22.6. The Kier molecular flexibility index (Phi) is 8.11. The molecule has 0 unspecified atom stereocenters. The lowest BCUT2D eigenvalue weighted by atomic mass is 9.98. The van der Waals surface area contributed by atoms with E-state index in [1.165, 1.54) is 7.11 Å². The van der Waals surface area contributed by atoms with E-state index in [1.54, 1.807) is 0 Å². The van der Waals surface area contributed by atoms with Gasteiger partial charge in [0.1, 0.15) is 18.0 Å². The Morgan fingerprint density at radius 1 is 1.13 bits per heavy atom. The first-order valence-electron chi connectivity index (χ1n) is 12.5. The third-order valence-electron chi connectivity index (χ3n) is 6.82. The lowest BCUT2D eigenvalue weighted by Gasteiger charge is -2.10. The summed E-state index contributed by atoms with van der Waals surface area (Å²) in [6, 6.07) is 9.89. The molecule has 0 aliphatic rings. The van der Waals surface area contributed by atoms with Crippen LogP contribution in [-0.2, 0) is 23.0 Å². The van der Waals surface area contributed by atoms with Crippen LogP contribution in [0.15, 0.2) is 30.3 Å². The van der Waals surface area contributed by atoms with Crippen molar-refractivity contribution >= 4 is 34.4 Å². The molecule has 0 fully saturated rings. The third-order valence-corrected chi connectivity index (χ3v) is 7.41.